The molecule has 1 fully saturated rings. The summed E-state index contributed by atoms with van der Waals surface area (Å²) in [5.41, 5.74) is 0. The molecule has 0 aliphatic carbocycles. The molecule has 1 amide bonds. The monoisotopic (exact) mass is 229 g/mol. The van der Waals surface area contributed by atoms with Crippen LogP contribution in [0.5, 0.6) is 0 Å². The Morgan fingerprint density at radius 2 is 2.19 bits per heavy atom. The standard InChI is InChI=1S/C12H23NO3/c1-3-5-6-7-16-12(15)13-9-11(14)8-10(13)4-2/h10-11,14H,3-9H2,1-2H3/t10-,11-/m1/s1. The van der Waals surface area contributed by atoms with Crippen molar-refractivity contribution in [1.82, 2.24) is 4.90 Å². The molecule has 16 heavy (non-hydrogen) atoms. The lowest BCUT2D eigenvalue weighted by Gasteiger charge is -2.22. The van der Waals surface area contributed by atoms with Crippen LogP contribution in [0.15, 0.2) is 0 Å². The average molecular weight is 229 g/mol. The molecule has 1 aliphatic heterocycles. The highest BCUT2D eigenvalue weighted by Gasteiger charge is 2.33. The third kappa shape index (κ3) is 3.67. The first kappa shape index (κ1) is 13.3. The quantitative estimate of drug-likeness (QED) is 0.735. The highest BCUT2D eigenvalue weighted by molar-refractivity contribution is 5.68. The molecular formula is C12H23NO3. The van der Waals surface area contributed by atoms with Crippen molar-refractivity contribution in [2.45, 2.75) is 58.1 Å². The molecule has 1 N–H and O–H groups in total. The second kappa shape index (κ2) is 6.74. The predicted molar refractivity (Wildman–Crippen MR) is 62.3 cm³/mol. The number of carbonyl (C=O) groups excluding carboxylic acids is 1. The van der Waals surface area contributed by atoms with Crippen LogP contribution in [0.4, 0.5) is 4.79 Å². The number of β-amino-alcohol motifs (C(OH)–C–C–N with tert-alkyl or cyclic N) is 1. The smallest absolute Gasteiger partial charge is 0.410 e. The fraction of sp³-hybridized carbons (Fsp3) is 0.917. The largest absolute Gasteiger partial charge is 0.449 e. The lowest BCUT2D eigenvalue weighted by atomic mass is 10.1. The summed E-state index contributed by atoms with van der Waals surface area (Å²) < 4.78 is 5.18. The van der Waals surface area contributed by atoms with Gasteiger partial charge in [-0.2, -0.15) is 0 Å². The van der Waals surface area contributed by atoms with E-state index in [2.05, 4.69) is 6.92 Å². The zero-order valence-corrected chi connectivity index (χ0v) is 10.3. The van der Waals surface area contributed by atoms with Gasteiger partial charge < -0.3 is 14.7 Å². The van der Waals surface area contributed by atoms with E-state index >= 15 is 0 Å². The Morgan fingerprint density at radius 1 is 1.44 bits per heavy atom. The van der Waals surface area contributed by atoms with Crippen molar-refractivity contribution in [3.8, 4) is 0 Å². The molecule has 2 atom stereocenters. The molecule has 0 aromatic heterocycles. The van der Waals surface area contributed by atoms with Crippen LogP contribution in [0.2, 0.25) is 0 Å². The Bertz CT molecular complexity index is 220. The van der Waals surface area contributed by atoms with Crippen molar-refractivity contribution in [2.75, 3.05) is 13.2 Å². The highest BCUT2D eigenvalue weighted by Crippen LogP contribution is 2.21. The first-order valence-electron chi connectivity index (χ1n) is 6.30. The van der Waals surface area contributed by atoms with Crippen molar-refractivity contribution >= 4 is 6.09 Å². The van der Waals surface area contributed by atoms with E-state index in [1.807, 2.05) is 6.92 Å². The van der Waals surface area contributed by atoms with Crippen molar-refractivity contribution < 1.29 is 14.6 Å². The lowest BCUT2D eigenvalue weighted by molar-refractivity contribution is 0.0914. The molecule has 0 bridgehead atoms. The van der Waals surface area contributed by atoms with Gasteiger partial charge >= 0.3 is 6.09 Å². The summed E-state index contributed by atoms with van der Waals surface area (Å²) in [4.78, 5) is 13.4. The second-order valence-electron chi connectivity index (χ2n) is 4.43. The Labute approximate surface area is 97.6 Å². The summed E-state index contributed by atoms with van der Waals surface area (Å²) in [5.74, 6) is 0. The van der Waals surface area contributed by atoms with E-state index < -0.39 is 0 Å². The number of likely N-dealkylation sites (tertiary alicyclic amines) is 1. The number of aliphatic hydroxyl groups excluding tert-OH is 1. The van der Waals surface area contributed by atoms with Gasteiger partial charge in [0.1, 0.15) is 0 Å². The van der Waals surface area contributed by atoms with Gasteiger partial charge in [-0.3, -0.25) is 0 Å². The SMILES string of the molecule is CCCCCOC(=O)N1C[C@H](O)C[C@H]1CC. The molecule has 94 valence electrons. The van der Waals surface area contributed by atoms with Gasteiger partial charge in [0.25, 0.3) is 0 Å². The van der Waals surface area contributed by atoms with Crippen molar-refractivity contribution in [1.29, 1.82) is 0 Å². The molecule has 0 aromatic rings. The number of amides is 1. The fourth-order valence-electron chi connectivity index (χ4n) is 2.10. The summed E-state index contributed by atoms with van der Waals surface area (Å²) in [6, 6.07) is 0.147. The van der Waals surface area contributed by atoms with Gasteiger partial charge in [-0.1, -0.05) is 26.7 Å². The van der Waals surface area contributed by atoms with Gasteiger partial charge in [-0.05, 0) is 19.3 Å². The molecular weight excluding hydrogens is 206 g/mol. The Kier molecular flexibility index (Phi) is 5.60. The molecule has 0 spiro atoms. The minimum atomic E-state index is -0.381. The minimum Gasteiger partial charge on any atom is -0.449 e. The number of hydrogen-bond donors (Lipinski definition) is 1. The van der Waals surface area contributed by atoms with Crippen LogP contribution < -0.4 is 0 Å². The normalized spacial score (nSPS) is 24.8. The van der Waals surface area contributed by atoms with Crippen molar-refractivity contribution in [3.05, 3.63) is 0 Å². The molecule has 4 nitrogen and oxygen atoms in total. The van der Waals surface area contributed by atoms with Gasteiger partial charge in [0, 0.05) is 6.04 Å². The van der Waals surface area contributed by atoms with Crippen LogP contribution in [0.25, 0.3) is 0 Å². The van der Waals surface area contributed by atoms with E-state index in [0.717, 1.165) is 25.7 Å². The highest BCUT2D eigenvalue weighted by atomic mass is 16.6. The Balaban J connectivity index is 2.29. The van der Waals surface area contributed by atoms with Gasteiger partial charge in [0.15, 0.2) is 0 Å². The van der Waals surface area contributed by atoms with E-state index in [4.69, 9.17) is 4.74 Å². The molecule has 0 aromatic carbocycles. The van der Waals surface area contributed by atoms with E-state index in [9.17, 15) is 9.90 Å². The topological polar surface area (TPSA) is 49.8 Å². The van der Waals surface area contributed by atoms with E-state index in [1.54, 1.807) is 4.90 Å². The summed E-state index contributed by atoms with van der Waals surface area (Å²) in [6.45, 7) is 5.06. The summed E-state index contributed by atoms with van der Waals surface area (Å²) in [6.07, 6.45) is 4.05. The van der Waals surface area contributed by atoms with Gasteiger partial charge in [-0.25, -0.2) is 4.79 Å². The minimum absolute atomic E-state index is 0.147. The van der Waals surface area contributed by atoms with Gasteiger partial charge in [0.2, 0.25) is 0 Å². The van der Waals surface area contributed by atoms with Crippen molar-refractivity contribution in [3.63, 3.8) is 0 Å². The van der Waals surface area contributed by atoms with Crippen LogP contribution in [0, 0.1) is 0 Å². The third-order valence-corrected chi connectivity index (χ3v) is 3.07. The van der Waals surface area contributed by atoms with Crippen molar-refractivity contribution in [2.24, 2.45) is 0 Å². The maximum atomic E-state index is 11.7. The van der Waals surface area contributed by atoms with E-state index in [1.165, 1.54) is 0 Å². The summed E-state index contributed by atoms with van der Waals surface area (Å²) in [5, 5.41) is 9.51. The number of rotatable bonds is 5. The number of hydrogen-bond acceptors (Lipinski definition) is 3. The Morgan fingerprint density at radius 3 is 2.81 bits per heavy atom. The van der Waals surface area contributed by atoms with Gasteiger partial charge in [0.05, 0.1) is 19.3 Å². The molecule has 1 rings (SSSR count). The number of nitrogens with zero attached hydrogens (tertiary/aromatic N) is 1. The summed E-state index contributed by atoms with van der Waals surface area (Å²) in [7, 11) is 0. The first-order chi connectivity index (χ1) is 7.69. The molecule has 0 saturated carbocycles. The van der Waals surface area contributed by atoms with Crippen LogP contribution in [0.3, 0.4) is 0 Å². The maximum absolute atomic E-state index is 11.7. The third-order valence-electron chi connectivity index (χ3n) is 3.07. The molecule has 1 saturated heterocycles. The average Bonchev–Trinajstić information content (AvgIpc) is 2.65. The van der Waals surface area contributed by atoms with Gasteiger partial charge in [-0.15, -0.1) is 0 Å². The first-order valence-corrected chi connectivity index (χ1v) is 6.30. The number of ether oxygens (including phenoxy) is 1. The summed E-state index contributed by atoms with van der Waals surface area (Å²) >= 11 is 0. The van der Waals surface area contributed by atoms with Crippen LogP contribution in [0.1, 0.15) is 46.0 Å². The molecule has 0 unspecified atom stereocenters. The zero-order valence-electron chi connectivity index (χ0n) is 10.3. The predicted octanol–water partition coefficient (Wildman–Crippen LogP) is 2.16. The van der Waals surface area contributed by atoms with E-state index in [-0.39, 0.29) is 18.2 Å². The zero-order chi connectivity index (χ0) is 12.0. The van der Waals surface area contributed by atoms with E-state index in [0.29, 0.717) is 19.6 Å². The van der Waals surface area contributed by atoms with Crippen LogP contribution in [-0.4, -0.2) is 41.4 Å². The lowest BCUT2D eigenvalue weighted by Crippen LogP contribution is -2.36. The molecule has 1 aliphatic rings. The maximum Gasteiger partial charge on any atom is 0.410 e. The molecule has 0 radical (unpaired) electrons. The van der Waals surface area contributed by atoms with Crippen LogP contribution >= 0.6 is 0 Å². The second-order valence-corrected chi connectivity index (χ2v) is 4.43. The Hall–Kier alpha value is -0.770. The number of unbranched alkanes of at least 4 members (excludes halogenated alkanes) is 2. The van der Waals surface area contributed by atoms with Crippen LogP contribution in [-0.2, 0) is 4.74 Å². The molecule has 1 heterocycles. The number of carbonyl (C=O) groups is 1. The number of aliphatic hydroxyl groups is 1. The molecule has 4 heteroatoms. The fourth-order valence-corrected chi connectivity index (χ4v) is 2.10.